The third-order valence-corrected chi connectivity index (χ3v) is 3.23. The molecule has 1 amide bonds. The number of hydrogen-bond acceptors (Lipinski definition) is 4. The van der Waals surface area contributed by atoms with E-state index in [9.17, 15) is 9.59 Å². The van der Waals surface area contributed by atoms with Crippen molar-refractivity contribution in [3.63, 3.8) is 0 Å². The van der Waals surface area contributed by atoms with Crippen LogP contribution in [-0.2, 0) is 0 Å². The van der Waals surface area contributed by atoms with Crippen LogP contribution in [0.25, 0.3) is 10.8 Å². The number of rotatable bonds is 3. The number of carboxylic acid groups (broad SMARTS) is 1. The van der Waals surface area contributed by atoms with Crippen LogP contribution in [0.1, 0.15) is 20.7 Å². The Labute approximate surface area is 125 Å². The molecule has 0 unspecified atom stereocenters. The summed E-state index contributed by atoms with van der Waals surface area (Å²) in [6.45, 7) is 0. The summed E-state index contributed by atoms with van der Waals surface area (Å²) in [6, 6.07) is 11.2. The van der Waals surface area contributed by atoms with Gasteiger partial charge in [0, 0.05) is 16.3 Å². The van der Waals surface area contributed by atoms with Crippen molar-refractivity contribution in [1.82, 2.24) is 10.2 Å². The summed E-state index contributed by atoms with van der Waals surface area (Å²) in [5.41, 5.74) is 1.14. The number of amides is 1. The van der Waals surface area contributed by atoms with Crippen LogP contribution in [-0.4, -0.2) is 27.2 Å². The molecule has 0 bridgehead atoms. The summed E-state index contributed by atoms with van der Waals surface area (Å²) < 4.78 is 0. The molecule has 1 heterocycles. The summed E-state index contributed by atoms with van der Waals surface area (Å²) in [7, 11) is 0. The number of carbonyl (C=O) groups excluding carboxylic acids is 1. The van der Waals surface area contributed by atoms with Crippen molar-refractivity contribution < 1.29 is 14.7 Å². The highest BCUT2D eigenvalue weighted by Gasteiger charge is 2.10. The Morgan fingerprint density at radius 3 is 2.32 bits per heavy atom. The number of aromatic nitrogens is 2. The van der Waals surface area contributed by atoms with Crippen LogP contribution >= 0.6 is 0 Å². The van der Waals surface area contributed by atoms with Crippen molar-refractivity contribution in [3.8, 4) is 0 Å². The molecule has 0 spiro atoms. The van der Waals surface area contributed by atoms with Gasteiger partial charge >= 0.3 is 5.97 Å². The molecule has 3 rings (SSSR count). The second-order valence-corrected chi connectivity index (χ2v) is 4.63. The van der Waals surface area contributed by atoms with Gasteiger partial charge in [-0.2, -0.15) is 10.2 Å². The maximum Gasteiger partial charge on any atom is 0.335 e. The average Bonchev–Trinajstić information content (AvgIpc) is 2.55. The minimum Gasteiger partial charge on any atom is -0.478 e. The standard InChI is InChI=1S/C16H11N3O3/c20-15(10-4-6-11(7-5-10)16(21)22)19-14-3-1-2-12-8-17-18-9-13(12)14/h1-9H,(H,19,20)(H,21,22). The van der Waals surface area contributed by atoms with Crippen molar-refractivity contribution in [2.24, 2.45) is 0 Å². The van der Waals surface area contributed by atoms with Crippen molar-refractivity contribution in [2.45, 2.75) is 0 Å². The van der Waals surface area contributed by atoms with E-state index in [1.807, 2.05) is 12.1 Å². The highest BCUT2D eigenvalue weighted by Crippen LogP contribution is 2.22. The lowest BCUT2D eigenvalue weighted by atomic mass is 10.1. The molecule has 6 heteroatoms. The van der Waals surface area contributed by atoms with Gasteiger partial charge < -0.3 is 10.4 Å². The minimum atomic E-state index is -1.03. The van der Waals surface area contributed by atoms with Crippen LogP contribution in [0.15, 0.2) is 54.9 Å². The molecule has 22 heavy (non-hydrogen) atoms. The second-order valence-electron chi connectivity index (χ2n) is 4.63. The Kier molecular flexibility index (Phi) is 3.49. The van der Waals surface area contributed by atoms with Crippen LogP contribution in [0.3, 0.4) is 0 Å². The summed E-state index contributed by atoms with van der Waals surface area (Å²) in [4.78, 5) is 23.1. The molecule has 0 aliphatic carbocycles. The lowest BCUT2D eigenvalue weighted by Crippen LogP contribution is -2.12. The molecule has 0 saturated carbocycles. The number of nitrogens with zero attached hydrogens (tertiary/aromatic N) is 2. The zero-order chi connectivity index (χ0) is 15.5. The van der Waals surface area contributed by atoms with E-state index in [2.05, 4.69) is 15.5 Å². The lowest BCUT2D eigenvalue weighted by molar-refractivity contribution is 0.0696. The fourth-order valence-corrected chi connectivity index (χ4v) is 2.09. The van der Waals surface area contributed by atoms with Crippen LogP contribution in [0.2, 0.25) is 0 Å². The van der Waals surface area contributed by atoms with E-state index in [1.54, 1.807) is 18.5 Å². The van der Waals surface area contributed by atoms with E-state index in [-0.39, 0.29) is 11.5 Å². The average molecular weight is 293 g/mol. The molecule has 0 aliphatic heterocycles. The molecule has 0 radical (unpaired) electrons. The number of carboxylic acids is 1. The molecule has 108 valence electrons. The molecule has 0 fully saturated rings. The van der Waals surface area contributed by atoms with Gasteiger partial charge in [-0.25, -0.2) is 4.79 Å². The molecular formula is C16H11N3O3. The van der Waals surface area contributed by atoms with Crippen LogP contribution < -0.4 is 5.32 Å². The number of benzene rings is 2. The predicted octanol–water partition coefficient (Wildman–Crippen LogP) is 2.58. The molecular weight excluding hydrogens is 282 g/mol. The van der Waals surface area contributed by atoms with Gasteiger partial charge in [0.25, 0.3) is 5.91 Å². The molecule has 1 aromatic heterocycles. The van der Waals surface area contributed by atoms with Gasteiger partial charge in [-0.05, 0) is 30.3 Å². The molecule has 0 saturated heterocycles. The van der Waals surface area contributed by atoms with Crippen LogP contribution in [0, 0.1) is 0 Å². The molecule has 3 aromatic rings. The van der Waals surface area contributed by atoms with Gasteiger partial charge in [0.2, 0.25) is 0 Å². The summed E-state index contributed by atoms with van der Waals surface area (Å²) in [6.07, 6.45) is 3.20. The maximum absolute atomic E-state index is 12.2. The zero-order valence-corrected chi connectivity index (χ0v) is 11.4. The van der Waals surface area contributed by atoms with E-state index < -0.39 is 5.97 Å². The zero-order valence-electron chi connectivity index (χ0n) is 11.4. The van der Waals surface area contributed by atoms with Gasteiger partial charge in [0.15, 0.2) is 0 Å². The first-order valence-electron chi connectivity index (χ1n) is 6.49. The van der Waals surface area contributed by atoms with E-state index in [1.165, 1.54) is 24.3 Å². The highest BCUT2D eigenvalue weighted by atomic mass is 16.4. The van der Waals surface area contributed by atoms with Gasteiger partial charge in [0.1, 0.15) is 0 Å². The largest absolute Gasteiger partial charge is 0.478 e. The number of hydrogen-bond donors (Lipinski definition) is 2. The predicted molar refractivity (Wildman–Crippen MR) is 80.9 cm³/mol. The first-order chi connectivity index (χ1) is 10.6. The fraction of sp³-hybridized carbons (Fsp3) is 0. The van der Waals surface area contributed by atoms with Crippen LogP contribution in [0.4, 0.5) is 5.69 Å². The molecule has 2 aromatic carbocycles. The molecule has 2 N–H and O–H groups in total. The Morgan fingerprint density at radius 1 is 0.909 bits per heavy atom. The van der Waals surface area contributed by atoms with Gasteiger partial charge in [-0.1, -0.05) is 12.1 Å². The number of nitrogens with one attached hydrogen (secondary N) is 1. The number of fused-ring (bicyclic) bond motifs is 1. The van der Waals surface area contributed by atoms with Gasteiger partial charge in [-0.3, -0.25) is 4.79 Å². The SMILES string of the molecule is O=C(O)c1ccc(C(=O)Nc2cccc3cnncc23)cc1. The van der Waals surface area contributed by atoms with Gasteiger partial charge in [0.05, 0.1) is 23.6 Å². The normalized spacial score (nSPS) is 10.4. The number of anilines is 1. The number of aromatic carboxylic acids is 1. The lowest BCUT2D eigenvalue weighted by Gasteiger charge is -2.08. The Balaban J connectivity index is 1.88. The Morgan fingerprint density at radius 2 is 1.59 bits per heavy atom. The topological polar surface area (TPSA) is 92.2 Å². The van der Waals surface area contributed by atoms with E-state index in [4.69, 9.17) is 5.11 Å². The third-order valence-electron chi connectivity index (χ3n) is 3.23. The van der Waals surface area contributed by atoms with Crippen molar-refractivity contribution in [1.29, 1.82) is 0 Å². The van der Waals surface area contributed by atoms with E-state index in [0.29, 0.717) is 11.3 Å². The summed E-state index contributed by atoms with van der Waals surface area (Å²) >= 11 is 0. The van der Waals surface area contributed by atoms with Crippen LogP contribution in [0.5, 0.6) is 0 Å². The molecule has 0 aliphatic rings. The second kappa shape index (κ2) is 5.61. The quantitative estimate of drug-likeness (QED) is 0.774. The van der Waals surface area contributed by atoms with Crippen molar-refractivity contribution in [3.05, 3.63) is 66.0 Å². The minimum absolute atomic E-state index is 0.136. The summed E-state index contributed by atoms with van der Waals surface area (Å²) in [5.74, 6) is -1.35. The van der Waals surface area contributed by atoms with Crippen molar-refractivity contribution >= 4 is 28.3 Å². The van der Waals surface area contributed by atoms with E-state index in [0.717, 1.165) is 10.8 Å². The van der Waals surface area contributed by atoms with Crippen molar-refractivity contribution in [2.75, 3.05) is 5.32 Å². The third kappa shape index (κ3) is 2.62. The maximum atomic E-state index is 12.2. The monoisotopic (exact) mass is 293 g/mol. The smallest absolute Gasteiger partial charge is 0.335 e. The Bertz CT molecular complexity index is 855. The fourth-order valence-electron chi connectivity index (χ4n) is 2.09. The first kappa shape index (κ1) is 13.7. The first-order valence-corrected chi connectivity index (χ1v) is 6.49. The number of carbonyl (C=O) groups is 2. The van der Waals surface area contributed by atoms with Gasteiger partial charge in [-0.15, -0.1) is 0 Å². The van der Waals surface area contributed by atoms with E-state index >= 15 is 0 Å². The molecule has 0 atom stereocenters. The summed E-state index contributed by atoms with van der Waals surface area (Å²) in [5, 5.41) is 20.9. The highest BCUT2D eigenvalue weighted by molar-refractivity contribution is 6.09. The molecule has 6 nitrogen and oxygen atoms in total. The Hall–Kier alpha value is -3.28.